The molecule has 1 aliphatic heterocycles. The maximum atomic E-state index is 10.6. The van der Waals surface area contributed by atoms with Crippen LogP contribution in [0.5, 0.6) is 0 Å². The fourth-order valence-corrected chi connectivity index (χ4v) is 1.65. The van der Waals surface area contributed by atoms with Crippen LogP contribution in [0.1, 0.15) is 21.5 Å². The van der Waals surface area contributed by atoms with Crippen LogP contribution >= 0.6 is 0 Å². The lowest BCUT2D eigenvalue weighted by atomic mass is 10.1. The molecule has 0 radical (unpaired) electrons. The van der Waals surface area contributed by atoms with Crippen molar-refractivity contribution < 1.29 is 14.3 Å². The summed E-state index contributed by atoms with van der Waals surface area (Å²) in [6.07, 6.45) is 3.25. The third kappa shape index (κ3) is 2.95. The van der Waals surface area contributed by atoms with E-state index in [4.69, 9.17) is 5.11 Å². The molecule has 88 valence electrons. The molecule has 1 aromatic carbocycles. The lowest BCUT2D eigenvalue weighted by molar-refractivity contribution is 0.0697. The second-order valence-electron chi connectivity index (χ2n) is 3.69. The number of rotatable bonds is 1. The minimum absolute atomic E-state index is 0.373. The van der Waals surface area contributed by atoms with Crippen molar-refractivity contribution in [3.8, 4) is 0 Å². The molecule has 0 saturated heterocycles. The van der Waals surface area contributed by atoms with Gasteiger partial charge < -0.3 is 14.8 Å². The van der Waals surface area contributed by atoms with E-state index in [2.05, 4.69) is 9.73 Å². The summed E-state index contributed by atoms with van der Waals surface area (Å²) in [5, 5.41) is 11.9. The smallest absolute Gasteiger partial charge is 0.335 e. The Balaban J connectivity index is 0.000000181. The Labute approximate surface area is 98.9 Å². The summed E-state index contributed by atoms with van der Waals surface area (Å²) in [4.78, 5) is 10.6. The van der Waals surface area contributed by atoms with Gasteiger partial charge >= 0.3 is 5.97 Å². The number of benzene rings is 1. The number of carboxylic acids is 1. The van der Waals surface area contributed by atoms with Gasteiger partial charge in [-0.25, -0.2) is 4.79 Å². The number of nitrogens with one attached hydrogen (secondary N) is 1. The van der Waals surface area contributed by atoms with E-state index in [9.17, 15) is 4.79 Å². The number of carboxylic acid groups (broad SMARTS) is 1. The molecule has 0 amide bonds. The van der Waals surface area contributed by atoms with Gasteiger partial charge in [0.15, 0.2) is 0 Å². The van der Waals surface area contributed by atoms with Crippen LogP contribution in [-0.4, -0.2) is 11.1 Å². The number of furan rings is 1. The largest absolute Gasteiger partial charge is 0.478 e. The van der Waals surface area contributed by atoms with Gasteiger partial charge in [0.05, 0.1) is 18.1 Å². The Bertz CT molecular complexity index is 474. The molecule has 1 aliphatic rings. The van der Waals surface area contributed by atoms with Gasteiger partial charge in [-0.2, -0.15) is 0 Å². The van der Waals surface area contributed by atoms with E-state index in [0.717, 1.165) is 18.7 Å². The molecule has 17 heavy (non-hydrogen) atoms. The molecule has 0 saturated carbocycles. The fraction of sp³-hybridized carbons (Fsp3) is 0.154. The number of fused-ring (bicyclic) bond motifs is 1. The summed E-state index contributed by atoms with van der Waals surface area (Å²) < 4.78 is 4.58. The average Bonchev–Trinajstić information content (AvgIpc) is 3.02. The Morgan fingerprint density at radius 1 is 1.18 bits per heavy atom. The van der Waals surface area contributed by atoms with Crippen molar-refractivity contribution in [1.29, 1.82) is 0 Å². The average molecular weight is 231 g/mol. The van der Waals surface area contributed by atoms with Gasteiger partial charge in [-0.1, -0.05) is 6.07 Å². The molecule has 2 aromatic rings. The highest BCUT2D eigenvalue weighted by Gasteiger charge is 2.12. The Hall–Kier alpha value is -2.07. The van der Waals surface area contributed by atoms with Gasteiger partial charge in [0.25, 0.3) is 0 Å². The summed E-state index contributed by atoms with van der Waals surface area (Å²) in [6.45, 7) is 1.64. The topological polar surface area (TPSA) is 62.5 Å². The van der Waals surface area contributed by atoms with Crippen LogP contribution in [0.15, 0.2) is 47.3 Å². The molecular weight excluding hydrogens is 218 g/mol. The zero-order valence-electron chi connectivity index (χ0n) is 9.22. The first-order valence-corrected chi connectivity index (χ1v) is 5.30. The lowest BCUT2D eigenvalue weighted by Crippen LogP contribution is -2.00. The van der Waals surface area contributed by atoms with Gasteiger partial charge in [-0.15, -0.1) is 0 Å². The molecule has 3 rings (SSSR count). The second kappa shape index (κ2) is 5.32. The molecule has 0 aliphatic carbocycles. The first-order valence-electron chi connectivity index (χ1n) is 5.30. The molecule has 0 unspecified atom stereocenters. The van der Waals surface area contributed by atoms with E-state index in [1.165, 1.54) is 5.56 Å². The van der Waals surface area contributed by atoms with Crippen LogP contribution in [0.3, 0.4) is 0 Å². The fourth-order valence-electron chi connectivity index (χ4n) is 1.65. The predicted octanol–water partition coefficient (Wildman–Crippen LogP) is 2.27. The highest BCUT2D eigenvalue weighted by atomic mass is 16.4. The van der Waals surface area contributed by atoms with E-state index in [1.54, 1.807) is 24.7 Å². The zero-order chi connectivity index (χ0) is 12.1. The van der Waals surface area contributed by atoms with Crippen LogP contribution in [-0.2, 0) is 13.1 Å². The SMILES string of the molecule is O=C(O)c1ccc2c(c1)CNC2.c1ccoc1. The van der Waals surface area contributed by atoms with Gasteiger partial charge in [0.2, 0.25) is 0 Å². The van der Waals surface area contributed by atoms with Crippen molar-refractivity contribution >= 4 is 5.97 Å². The maximum absolute atomic E-state index is 10.6. The third-order valence-electron chi connectivity index (χ3n) is 2.51. The monoisotopic (exact) mass is 231 g/mol. The molecule has 4 nitrogen and oxygen atoms in total. The standard InChI is InChI=1S/C9H9NO2.C4H4O/c11-9(12)6-1-2-7-4-10-5-8(7)3-6;1-2-4-5-3-1/h1-3,10H,4-5H2,(H,11,12);1-4H. The Kier molecular flexibility index (Phi) is 3.57. The molecule has 4 heteroatoms. The maximum Gasteiger partial charge on any atom is 0.335 e. The third-order valence-corrected chi connectivity index (χ3v) is 2.51. The summed E-state index contributed by atoms with van der Waals surface area (Å²) in [5.74, 6) is -0.857. The van der Waals surface area contributed by atoms with Crippen LogP contribution in [0.4, 0.5) is 0 Å². The summed E-state index contributed by atoms with van der Waals surface area (Å²) in [5.41, 5.74) is 2.69. The van der Waals surface area contributed by atoms with E-state index in [1.807, 2.05) is 18.2 Å². The van der Waals surface area contributed by atoms with Gasteiger partial charge in [-0.05, 0) is 35.4 Å². The molecule has 2 N–H and O–H groups in total. The highest BCUT2D eigenvalue weighted by Crippen LogP contribution is 2.16. The quantitative estimate of drug-likeness (QED) is 0.790. The molecule has 0 fully saturated rings. The van der Waals surface area contributed by atoms with Crippen molar-refractivity contribution in [2.75, 3.05) is 0 Å². The minimum atomic E-state index is -0.857. The first kappa shape index (κ1) is 11.4. The van der Waals surface area contributed by atoms with Crippen LogP contribution < -0.4 is 5.32 Å². The number of hydrogen-bond donors (Lipinski definition) is 2. The Morgan fingerprint density at radius 3 is 2.47 bits per heavy atom. The second-order valence-corrected chi connectivity index (χ2v) is 3.69. The summed E-state index contributed by atoms with van der Waals surface area (Å²) >= 11 is 0. The molecule has 0 spiro atoms. The molecule has 0 atom stereocenters. The van der Waals surface area contributed by atoms with Crippen molar-refractivity contribution in [3.05, 3.63) is 59.5 Å². The molecule has 2 heterocycles. The first-order chi connectivity index (χ1) is 8.27. The predicted molar refractivity (Wildman–Crippen MR) is 62.7 cm³/mol. The van der Waals surface area contributed by atoms with Gasteiger partial charge in [0.1, 0.15) is 0 Å². The lowest BCUT2D eigenvalue weighted by Gasteiger charge is -1.98. The normalized spacial score (nSPS) is 12.5. The van der Waals surface area contributed by atoms with E-state index in [-0.39, 0.29) is 0 Å². The molecule has 0 bridgehead atoms. The number of aromatic carboxylic acids is 1. The van der Waals surface area contributed by atoms with Crippen molar-refractivity contribution in [2.24, 2.45) is 0 Å². The van der Waals surface area contributed by atoms with Crippen LogP contribution in [0.2, 0.25) is 0 Å². The van der Waals surface area contributed by atoms with Gasteiger partial charge in [-0.3, -0.25) is 0 Å². The summed E-state index contributed by atoms with van der Waals surface area (Å²) in [7, 11) is 0. The van der Waals surface area contributed by atoms with Crippen LogP contribution in [0, 0.1) is 0 Å². The van der Waals surface area contributed by atoms with E-state index in [0.29, 0.717) is 5.56 Å². The number of carbonyl (C=O) groups is 1. The van der Waals surface area contributed by atoms with E-state index >= 15 is 0 Å². The number of hydrogen-bond acceptors (Lipinski definition) is 3. The molecule has 1 aromatic heterocycles. The highest BCUT2D eigenvalue weighted by molar-refractivity contribution is 5.87. The Morgan fingerprint density at radius 2 is 1.88 bits per heavy atom. The minimum Gasteiger partial charge on any atom is -0.478 e. The zero-order valence-corrected chi connectivity index (χ0v) is 9.22. The van der Waals surface area contributed by atoms with Gasteiger partial charge in [0, 0.05) is 13.1 Å². The van der Waals surface area contributed by atoms with Crippen molar-refractivity contribution in [2.45, 2.75) is 13.1 Å². The van der Waals surface area contributed by atoms with E-state index < -0.39 is 5.97 Å². The van der Waals surface area contributed by atoms with Crippen LogP contribution in [0.25, 0.3) is 0 Å². The van der Waals surface area contributed by atoms with Crippen molar-refractivity contribution in [3.63, 3.8) is 0 Å². The summed E-state index contributed by atoms with van der Waals surface area (Å²) in [6, 6.07) is 8.92. The van der Waals surface area contributed by atoms with Crippen molar-refractivity contribution in [1.82, 2.24) is 5.32 Å². The molecular formula is C13H13NO3.